The molecule has 5 rings (SSSR count). The second-order valence-electron chi connectivity index (χ2n) is 9.19. The van der Waals surface area contributed by atoms with E-state index < -0.39 is 0 Å². The van der Waals surface area contributed by atoms with Crippen molar-refractivity contribution in [2.75, 3.05) is 26.9 Å². The zero-order valence-electron chi connectivity index (χ0n) is 22.3. The lowest BCUT2D eigenvalue weighted by Crippen LogP contribution is -2.07. The number of ether oxygens (including phenoxy) is 3. The Hall–Kier alpha value is -4.06. The molecule has 7 nitrogen and oxygen atoms in total. The largest absolute Gasteiger partial charge is 0.490 e. The number of rotatable bonds is 11. The molecule has 0 saturated heterocycles. The first-order chi connectivity index (χ1) is 19.1. The molecule has 8 heteroatoms. The number of benzene rings is 2. The van der Waals surface area contributed by atoms with Crippen molar-refractivity contribution in [3.8, 4) is 34.5 Å². The van der Waals surface area contributed by atoms with Gasteiger partial charge in [0, 0.05) is 40.4 Å². The Morgan fingerprint density at radius 1 is 1.00 bits per heavy atom. The first-order valence-electron chi connectivity index (χ1n) is 12.8. The van der Waals surface area contributed by atoms with Crippen molar-refractivity contribution in [2.24, 2.45) is 15.4 Å². The highest BCUT2D eigenvalue weighted by molar-refractivity contribution is 7.17. The van der Waals surface area contributed by atoms with Gasteiger partial charge in [-0.05, 0) is 65.9 Å². The van der Waals surface area contributed by atoms with Crippen molar-refractivity contribution in [3.63, 3.8) is 0 Å². The lowest BCUT2D eigenvalue weighted by atomic mass is 9.94. The molecule has 39 heavy (non-hydrogen) atoms. The lowest BCUT2D eigenvalue weighted by molar-refractivity contribution is 0.146. The van der Waals surface area contributed by atoms with Crippen LogP contribution in [0.5, 0.6) is 11.5 Å². The average molecular weight is 539 g/mol. The monoisotopic (exact) mass is 538 g/mol. The number of nitrogens with zero attached hydrogens (tertiary/aromatic N) is 4. The maximum atomic E-state index is 6.16. The molecule has 0 fully saturated rings. The fraction of sp³-hybridized carbons (Fsp3) is 0.290. The van der Waals surface area contributed by atoms with Gasteiger partial charge in [0.2, 0.25) is 0 Å². The number of aryl methyl sites for hydroxylation is 1. The molecule has 3 heterocycles. The van der Waals surface area contributed by atoms with Crippen molar-refractivity contribution < 1.29 is 14.2 Å². The molecule has 0 bridgehead atoms. The number of fused-ring (bicyclic) bond motifs is 1. The van der Waals surface area contributed by atoms with Crippen LogP contribution in [0.15, 0.2) is 75.5 Å². The molecule has 2 aromatic carbocycles. The molecule has 0 radical (unpaired) electrons. The Labute approximate surface area is 232 Å². The predicted molar refractivity (Wildman–Crippen MR) is 156 cm³/mol. The summed E-state index contributed by atoms with van der Waals surface area (Å²) in [6.45, 7) is 5.94. The van der Waals surface area contributed by atoms with Crippen LogP contribution in [0, 0.1) is 18.8 Å². The van der Waals surface area contributed by atoms with Crippen molar-refractivity contribution in [2.45, 2.75) is 32.8 Å². The van der Waals surface area contributed by atoms with Crippen molar-refractivity contribution in [3.05, 3.63) is 76.9 Å². The lowest BCUT2D eigenvalue weighted by Gasteiger charge is -2.12. The zero-order chi connectivity index (χ0) is 27.0. The second kappa shape index (κ2) is 12.7. The highest BCUT2D eigenvalue weighted by atomic mass is 32.1. The first kappa shape index (κ1) is 26.5. The molecule has 198 valence electrons. The maximum Gasteiger partial charge on any atom is 0.138 e. The molecule has 0 unspecified atom stereocenters. The topological polar surface area (TPSA) is 77.7 Å². The van der Waals surface area contributed by atoms with Crippen LogP contribution in [-0.2, 0) is 11.3 Å². The summed E-state index contributed by atoms with van der Waals surface area (Å²) in [4.78, 5) is 4.57. The van der Waals surface area contributed by atoms with E-state index in [-0.39, 0.29) is 5.92 Å². The van der Waals surface area contributed by atoms with E-state index in [1.165, 1.54) is 10.1 Å². The van der Waals surface area contributed by atoms with E-state index in [2.05, 4.69) is 74.0 Å². The molecule has 4 aromatic rings. The zero-order valence-corrected chi connectivity index (χ0v) is 23.1. The summed E-state index contributed by atoms with van der Waals surface area (Å²) >= 11 is 1.73. The van der Waals surface area contributed by atoms with Gasteiger partial charge in [-0.15, -0.1) is 22.4 Å². The molecule has 1 aliphatic rings. The molecule has 2 aromatic heterocycles. The van der Waals surface area contributed by atoms with Gasteiger partial charge in [0.05, 0.1) is 24.4 Å². The van der Waals surface area contributed by atoms with Gasteiger partial charge in [-0.25, -0.2) is 0 Å². The summed E-state index contributed by atoms with van der Waals surface area (Å²) in [7, 11) is 1.66. The third kappa shape index (κ3) is 6.51. The third-order valence-corrected chi connectivity index (χ3v) is 7.46. The molecule has 0 saturated carbocycles. The normalized spacial score (nSPS) is 13.2. The fourth-order valence-corrected chi connectivity index (χ4v) is 5.39. The van der Waals surface area contributed by atoms with Crippen molar-refractivity contribution >= 4 is 27.1 Å². The van der Waals surface area contributed by atoms with E-state index in [9.17, 15) is 0 Å². The Morgan fingerprint density at radius 2 is 1.87 bits per heavy atom. The summed E-state index contributed by atoms with van der Waals surface area (Å²) < 4.78 is 18.3. The van der Waals surface area contributed by atoms with Crippen LogP contribution in [0.1, 0.15) is 36.1 Å². The molecular formula is C31H30N4O3S. The van der Waals surface area contributed by atoms with Crippen LogP contribution >= 0.6 is 11.3 Å². The number of methoxy groups -OCH3 is 1. The first-order valence-corrected chi connectivity index (χ1v) is 13.7. The molecular weight excluding hydrogens is 508 g/mol. The molecule has 0 amide bonds. The molecule has 1 atom stereocenters. The van der Waals surface area contributed by atoms with Gasteiger partial charge < -0.3 is 14.2 Å². The van der Waals surface area contributed by atoms with Crippen LogP contribution in [-0.4, -0.2) is 37.6 Å². The number of aromatic nitrogens is 1. The van der Waals surface area contributed by atoms with Gasteiger partial charge >= 0.3 is 0 Å². The average Bonchev–Trinajstić information content (AvgIpc) is 3.63. The van der Waals surface area contributed by atoms with Gasteiger partial charge in [-0.3, -0.25) is 4.98 Å². The molecule has 1 aliphatic heterocycles. The Kier molecular flexibility index (Phi) is 8.61. The van der Waals surface area contributed by atoms with E-state index in [1.54, 1.807) is 24.6 Å². The number of hydrogen-bond acceptors (Lipinski definition) is 8. The van der Waals surface area contributed by atoms with E-state index in [4.69, 9.17) is 14.2 Å². The van der Waals surface area contributed by atoms with Gasteiger partial charge in [0.1, 0.15) is 31.3 Å². The summed E-state index contributed by atoms with van der Waals surface area (Å²) in [5.74, 6) is 7.94. The van der Waals surface area contributed by atoms with Crippen molar-refractivity contribution in [1.82, 2.24) is 4.98 Å². The minimum Gasteiger partial charge on any atom is -0.490 e. The summed E-state index contributed by atoms with van der Waals surface area (Å²) in [6, 6.07) is 16.7. The minimum atomic E-state index is 0.0625. The number of pyridine rings is 1. The van der Waals surface area contributed by atoms with Gasteiger partial charge in [-0.1, -0.05) is 24.1 Å². The summed E-state index contributed by atoms with van der Waals surface area (Å²) in [5, 5.41) is 15.1. The fourth-order valence-electron chi connectivity index (χ4n) is 4.45. The quantitative estimate of drug-likeness (QED) is 0.149. The Balaban J connectivity index is 1.29. The Morgan fingerprint density at radius 3 is 2.64 bits per heavy atom. The van der Waals surface area contributed by atoms with Crippen LogP contribution in [0.2, 0.25) is 0 Å². The molecule has 0 aliphatic carbocycles. The van der Waals surface area contributed by atoms with Gasteiger partial charge in [0.25, 0.3) is 0 Å². The van der Waals surface area contributed by atoms with E-state index in [0.29, 0.717) is 26.4 Å². The minimum absolute atomic E-state index is 0.0625. The van der Waals surface area contributed by atoms with Gasteiger partial charge in [0.15, 0.2) is 0 Å². The van der Waals surface area contributed by atoms with E-state index in [0.717, 1.165) is 51.6 Å². The number of thiophene rings is 1. The highest BCUT2D eigenvalue weighted by Crippen LogP contribution is 2.37. The maximum absolute atomic E-state index is 6.16. The van der Waals surface area contributed by atoms with Crippen molar-refractivity contribution in [1.29, 1.82) is 0 Å². The molecule has 0 N–H and O–H groups in total. The van der Waals surface area contributed by atoms with E-state index >= 15 is 0 Å². The standard InChI is InChI=1S/C31H30N4O3S/c1-4-5-24(15-25-17-33-35-34-25)23-7-9-26(10-8-23)38-19-22-6-11-31-29(14-22)30(20-39-31)28-16-27(18-32-21(28)2)37-13-12-36-3/h6-11,14,16,18,20,24H,12-13,15,17,19H2,1-3H3/t24-/m0/s1. The third-order valence-electron chi connectivity index (χ3n) is 6.49. The molecule has 0 spiro atoms. The SMILES string of the molecule is CC#C[C@@H](CC1=NN=NC1)c1ccc(OCc2ccc3scc(-c4cc(OCCOC)cnc4C)c3c2)cc1. The predicted octanol–water partition coefficient (Wildman–Crippen LogP) is 7.19. The van der Waals surface area contributed by atoms with Crippen LogP contribution < -0.4 is 9.47 Å². The van der Waals surface area contributed by atoms with Gasteiger partial charge in [-0.2, -0.15) is 5.11 Å². The second-order valence-corrected chi connectivity index (χ2v) is 10.1. The highest BCUT2D eigenvalue weighted by Gasteiger charge is 2.15. The smallest absolute Gasteiger partial charge is 0.138 e. The Bertz CT molecular complexity index is 1560. The number of hydrogen-bond donors (Lipinski definition) is 0. The van der Waals surface area contributed by atoms with Crippen LogP contribution in [0.25, 0.3) is 21.2 Å². The summed E-state index contributed by atoms with van der Waals surface area (Å²) in [6.07, 6.45) is 2.49. The van der Waals surface area contributed by atoms with Crippen LogP contribution in [0.4, 0.5) is 0 Å². The summed E-state index contributed by atoms with van der Waals surface area (Å²) in [5.41, 5.74) is 6.38. The van der Waals surface area contributed by atoms with Crippen LogP contribution in [0.3, 0.4) is 0 Å². The van der Waals surface area contributed by atoms with E-state index in [1.807, 2.05) is 26.0 Å².